The standard InChI is InChI=1S/C11H13BrN2/c1-7(2)11-9-6-8(12)4-5-10(9)13-14(11)3/h4-7H,1-3H3. The number of aryl methyl sites for hydroxylation is 1. The quantitative estimate of drug-likeness (QED) is 0.761. The van der Waals surface area contributed by atoms with Gasteiger partial charge in [-0.25, -0.2) is 0 Å². The maximum absolute atomic E-state index is 4.47. The van der Waals surface area contributed by atoms with Gasteiger partial charge in [-0.2, -0.15) is 5.10 Å². The lowest BCUT2D eigenvalue weighted by Gasteiger charge is -2.05. The number of nitrogens with zero attached hydrogens (tertiary/aromatic N) is 2. The molecule has 0 N–H and O–H groups in total. The van der Waals surface area contributed by atoms with Gasteiger partial charge in [0.2, 0.25) is 0 Å². The van der Waals surface area contributed by atoms with Crippen LogP contribution in [0.25, 0.3) is 10.9 Å². The number of hydrogen-bond donors (Lipinski definition) is 0. The second kappa shape index (κ2) is 3.39. The van der Waals surface area contributed by atoms with Gasteiger partial charge in [0.25, 0.3) is 0 Å². The van der Waals surface area contributed by atoms with Crippen LogP contribution < -0.4 is 0 Å². The average Bonchev–Trinajstić information content (AvgIpc) is 2.40. The number of rotatable bonds is 1. The first-order chi connectivity index (χ1) is 6.59. The first-order valence-corrected chi connectivity index (χ1v) is 5.51. The maximum Gasteiger partial charge on any atom is 0.0927 e. The molecule has 0 aliphatic heterocycles. The zero-order valence-corrected chi connectivity index (χ0v) is 10.2. The van der Waals surface area contributed by atoms with Gasteiger partial charge in [-0.3, -0.25) is 4.68 Å². The molecule has 0 fully saturated rings. The highest BCUT2D eigenvalue weighted by molar-refractivity contribution is 9.10. The lowest BCUT2D eigenvalue weighted by Crippen LogP contribution is -1.99. The van der Waals surface area contributed by atoms with E-state index in [1.54, 1.807) is 0 Å². The molecule has 3 heteroatoms. The third-order valence-electron chi connectivity index (χ3n) is 2.39. The molecule has 0 bridgehead atoms. The summed E-state index contributed by atoms with van der Waals surface area (Å²) in [4.78, 5) is 0. The Labute approximate surface area is 92.0 Å². The summed E-state index contributed by atoms with van der Waals surface area (Å²) < 4.78 is 3.08. The summed E-state index contributed by atoms with van der Waals surface area (Å²) in [5, 5.41) is 5.72. The van der Waals surface area contributed by atoms with Crippen LogP contribution in [0, 0.1) is 0 Å². The van der Waals surface area contributed by atoms with E-state index in [2.05, 4.69) is 40.9 Å². The van der Waals surface area contributed by atoms with Crippen LogP contribution >= 0.6 is 15.9 Å². The van der Waals surface area contributed by atoms with Gasteiger partial charge in [0.1, 0.15) is 0 Å². The Morgan fingerprint density at radius 1 is 1.36 bits per heavy atom. The first kappa shape index (κ1) is 9.71. The molecule has 0 aliphatic carbocycles. The van der Waals surface area contributed by atoms with Crippen molar-refractivity contribution in [2.45, 2.75) is 19.8 Å². The number of aromatic nitrogens is 2. The highest BCUT2D eigenvalue weighted by Gasteiger charge is 2.11. The van der Waals surface area contributed by atoms with Crippen molar-refractivity contribution in [1.29, 1.82) is 0 Å². The molecule has 2 rings (SSSR count). The predicted octanol–water partition coefficient (Wildman–Crippen LogP) is 3.46. The molecule has 0 atom stereocenters. The normalized spacial score (nSPS) is 11.5. The van der Waals surface area contributed by atoms with E-state index in [-0.39, 0.29) is 0 Å². The van der Waals surface area contributed by atoms with Gasteiger partial charge >= 0.3 is 0 Å². The van der Waals surface area contributed by atoms with E-state index in [1.165, 1.54) is 11.1 Å². The molecule has 1 aromatic carbocycles. The summed E-state index contributed by atoms with van der Waals surface area (Å²) in [6, 6.07) is 6.21. The summed E-state index contributed by atoms with van der Waals surface area (Å²) in [6.07, 6.45) is 0. The van der Waals surface area contributed by atoms with E-state index >= 15 is 0 Å². The van der Waals surface area contributed by atoms with Gasteiger partial charge < -0.3 is 0 Å². The Hall–Kier alpha value is -0.830. The fourth-order valence-electron chi connectivity index (χ4n) is 1.88. The van der Waals surface area contributed by atoms with Crippen LogP contribution in [-0.2, 0) is 7.05 Å². The zero-order chi connectivity index (χ0) is 10.3. The summed E-state index contributed by atoms with van der Waals surface area (Å²) >= 11 is 3.49. The number of halogens is 1. The van der Waals surface area contributed by atoms with Crippen LogP contribution in [0.15, 0.2) is 22.7 Å². The monoisotopic (exact) mass is 252 g/mol. The molecular weight excluding hydrogens is 240 g/mol. The van der Waals surface area contributed by atoms with Crippen LogP contribution in [0.5, 0.6) is 0 Å². The van der Waals surface area contributed by atoms with E-state index in [9.17, 15) is 0 Å². The molecular formula is C11H13BrN2. The molecule has 0 radical (unpaired) electrons. The number of hydrogen-bond acceptors (Lipinski definition) is 1. The molecule has 14 heavy (non-hydrogen) atoms. The van der Waals surface area contributed by atoms with Crippen molar-refractivity contribution >= 4 is 26.8 Å². The average molecular weight is 253 g/mol. The smallest absolute Gasteiger partial charge is 0.0927 e. The van der Waals surface area contributed by atoms with Gasteiger partial charge in [-0.05, 0) is 24.1 Å². The fraction of sp³-hybridized carbons (Fsp3) is 0.364. The Morgan fingerprint density at radius 2 is 2.07 bits per heavy atom. The van der Waals surface area contributed by atoms with Crippen LogP contribution in [0.4, 0.5) is 0 Å². The van der Waals surface area contributed by atoms with Crippen molar-refractivity contribution in [3.8, 4) is 0 Å². The Morgan fingerprint density at radius 3 is 2.71 bits per heavy atom. The van der Waals surface area contributed by atoms with Gasteiger partial charge in [0.15, 0.2) is 0 Å². The van der Waals surface area contributed by atoms with E-state index in [1.807, 2.05) is 23.9 Å². The summed E-state index contributed by atoms with van der Waals surface area (Å²) in [6.45, 7) is 4.38. The Kier molecular flexibility index (Phi) is 2.35. The predicted molar refractivity (Wildman–Crippen MR) is 62.5 cm³/mol. The van der Waals surface area contributed by atoms with Gasteiger partial charge in [-0.15, -0.1) is 0 Å². The van der Waals surface area contributed by atoms with Crippen molar-refractivity contribution in [2.75, 3.05) is 0 Å². The van der Waals surface area contributed by atoms with Crippen molar-refractivity contribution < 1.29 is 0 Å². The molecule has 1 heterocycles. The molecule has 0 saturated heterocycles. The van der Waals surface area contributed by atoms with Crippen LogP contribution in [0.3, 0.4) is 0 Å². The summed E-state index contributed by atoms with van der Waals surface area (Å²) in [5.41, 5.74) is 2.36. The molecule has 74 valence electrons. The first-order valence-electron chi connectivity index (χ1n) is 4.71. The van der Waals surface area contributed by atoms with Crippen LogP contribution in [0.2, 0.25) is 0 Å². The van der Waals surface area contributed by atoms with E-state index in [0.717, 1.165) is 9.99 Å². The van der Waals surface area contributed by atoms with E-state index < -0.39 is 0 Å². The van der Waals surface area contributed by atoms with Crippen LogP contribution in [0.1, 0.15) is 25.5 Å². The third kappa shape index (κ3) is 1.46. The van der Waals surface area contributed by atoms with Crippen molar-refractivity contribution in [1.82, 2.24) is 9.78 Å². The molecule has 0 spiro atoms. The minimum absolute atomic E-state index is 0.499. The summed E-state index contributed by atoms with van der Waals surface area (Å²) in [7, 11) is 2.00. The molecule has 0 amide bonds. The van der Waals surface area contributed by atoms with Gasteiger partial charge in [0, 0.05) is 22.6 Å². The Balaban J connectivity index is 2.79. The van der Waals surface area contributed by atoms with Crippen molar-refractivity contribution in [2.24, 2.45) is 7.05 Å². The fourth-order valence-corrected chi connectivity index (χ4v) is 2.24. The molecule has 2 nitrogen and oxygen atoms in total. The lowest BCUT2D eigenvalue weighted by atomic mass is 10.1. The van der Waals surface area contributed by atoms with Crippen LogP contribution in [-0.4, -0.2) is 9.78 Å². The largest absolute Gasteiger partial charge is 0.271 e. The minimum Gasteiger partial charge on any atom is -0.271 e. The zero-order valence-electron chi connectivity index (χ0n) is 8.58. The Bertz CT molecular complexity index is 471. The van der Waals surface area contributed by atoms with E-state index in [4.69, 9.17) is 0 Å². The highest BCUT2D eigenvalue weighted by Crippen LogP contribution is 2.27. The number of fused-ring (bicyclic) bond motifs is 1. The minimum atomic E-state index is 0.499. The van der Waals surface area contributed by atoms with Crippen molar-refractivity contribution in [3.05, 3.63) is 28.4 Å². The SMILES string of the molecule is CC(C)c1c2cc(Br)ccc2nn1C. The molecule has 1 aromatic heterocycles. The third-order valence-corrected chi connectivity index (χ3v) is 2.88. The second-order valence-electron chi connectivity index (χ2n) is 3.83. The topological polar surface area (TPSA) is 17.8 Å². The number of benzene rings is 1. The second-order valence-corrected chi connectivity index (χ2v) is 4.74. The molecule has 0 saturated carbocycles. The molecule has 0 unspecified atom stereocenters. The summed E-state index contributed by atoms with van der Waals surface area (Å²) in [5.74, 6) is 0.499. The molecule has 2 aromatic rings. The highest BCUT2D eigenvalue weighted by atomic mass is 79.9. The molecule has 0 aliphatic rings. The lowest BCUT2D eigenvalue weighted by molar-refractivity contribution is 0.677. The van der Waals surface area contributed by atoms with Crippen molar-refractivity contribution in [3.63, 3.8) is 0 Å². The van der Waals surface area contributed by atoms with Gasteiger partial charge in [0.05, 0.1) is 5.52 Å². The maximum atomic E-state index is 4.47. The van der Waals surface area contributed by atoms with E-state index in [0.29, 0.717) is 5.92 Å². The van der Waals surface area contributed by atoms with Gasteiger partial charge in [-0.1, -0.05) is 29.8 Å².